The van der Waals surface area contributed by atoms with E-state index >= 15 is 0 Å². The number of rotatable bonds is 10. The van der Waals surface area contributed by atoms with Crippen LogP contribution in [0, 0.1) is 15.9 Å². The van der Waals surface area contributed by atoms with Crippen LogP contribution in [0.1, 0.15) is 0 Å². The van der Waals surface area contributed by atoms with Gasteiger partial charge < -0.3 is 30.2 Å². The number of hydrogen-bond donors (Lipinski definition) is 2. The minimum atomic E-state index is -0.748. The van der Waals surface area contributed by atoms with Crippen molar-refractivity contribution >= 4 is 50.2 Å². The van der Waals surface area contributed by atoms with Crippen molar-refractivity contribution in [2.24, 2.45) is 0 Å². The number of nitro groups is 1. The Morgan fingerprint density at radius 1 is 1.22 bits per heavy atom. The molecule has 0 bridgehead atoms. The lowest BCUT2D eigenvalue weighted by molar-refractivity contribution is -0.394. The van der Waals surface area contributed by atoms with E-state index in [0.717, 1.165) is 11.0 Å². The molecule has 0 aliphatic carbocycles. The Morgan fingerprint density at radius 3 is 2.78 bits per heavy atom. The molecular weight excluding hydrogens is 543 g/mol. The maximum absolute atomic E-state index is 14.3. The highest BCUT2D eigenvalue weighted by atomic mass is 79.9. The topological polar surface area (TPSA) is 159 Å². The number of aromatic nitrogens is 5. The van der Waals surface area contributed by atoms with Crippen molar-refractivity contribution in [3.05, 3.63) is 63.4 Å². The van der Waals surface area contributed by atoms with Gasteiger partial charge in [0, 0.05) is 21.0 Å². The van der Waals surface area contributed by atoms with Crippen LogP contribution in [0.5, 0.6) is 11.5 Å². The SMILES string of the molecule is COc1cc2c(Nc3ccc(Br)cc3F)ncnc2cc1OCCNC(=O)Cn1cnc([N+](=O)[O-])n1. The Hall–Kier alpha value is -4.40. The molecule has 186 valence electrons. The summed E-state index contributed by atoms with van der Waals surface area (Å²) in [6.45, 7) is 0.0213. The summed E-state index contributed by atoms with van der Waals surface area (Å²) in [5, 5.41) is 20.4. The Bertz CT molecular complexity index is 1430. The van der Waals surface area contributed by atoms with Crippen molar-refractivity contribution in [3.63, 3.8) is 0 Å². The minimum absolute atomic E-state index is 0.103. The highest BCUT2D eigenvalue weighted by Crippen LogP contribution is 2.35. The van der Waals surface area contributed by atoms with Crippen LogP contribution in [-0.4, -0.2) is 55.8 Å². The Labute approximate surface area is 210 Å². The van der Waals surface area contributed by atoms with Gasteiger partial charge in [-0.3, -0.25) is 4.79 Å². The normalized spacial score (nSPS) is 10.8. The van der Waals surface area contributed by atoms with Gasteiger partial charge in [0.15, 0.2) is 11.5 Å². The van der Waals surface area contributed by atoms with Crippen LogP contribution in [0.15, 0.2) is 47.5 Å². The maximum Gasteiger partial charge on any atom is 0.490 e. The summed E-state index contributed by atoms with van der Waals surface area (Å²) in [5.74, 6) is -0.312. The number of methoxy groups -OCH3 is 1. The summed E-state index contributed by atoms with van der Waals surface area (Å²) in [5.41, 5.74) is 0.770. The van der Waals surface area contributed by atoms with Crippen molar-refractivity contribution in [3.8, 4) is 11.5 Å². The molecule has 0 atom stereocenters. The maximum atomic E-state index is 14.3. The first kappa shape index (κ1) is 24.7. The second kappa shape index (κ2) is 10.9. The fourth-order valence-corrected chi connectivity index (χ4v) is 3.49. The molecule has 0 radical (unpaired) electrons. The molecule has 2 N–H and O–H groups in total. The lowest BCUT2D eigenvalue weighted by atomic mass is 10.2. The predicted molar refractivity (Wildman–Crippen MR) is 129 cm³/mol. The van der Waals surface area contributed by atoms with Crippen molar-refractivity contribution < 1.29 is 23.6 Å². The Kier molecular flexibility index (Phi) is 7.48. The van der Waals surface area contributed by atoms with Crippen molar-refractivity contribution in [2.45, 2.75) is 6.54 Å². The zero-order valence-electron chi connectivity index (χ0n) is 18.6. The number of fused-ring (bicyclic) bond motifs is 1. The van der Waals surface area contributed by atoms with Crippen molar-refractivity contribution in [2.75, 3.05) is 25.6 Å². The third kappa shape index (κ3) is 5.80. The standard InChI is InChI=1S/C21H18BrFN8O5/c1-35-17-7-13-16(25-10-26-20(13)28-15-3-2-12(22)6-14(15)23)8-18(17)36-5-4-24-19(32)9-30-11-27-21(29-30)31(33)34/h2-3,6-8,10-11H,4-5,9H2,1H3,(H,24,32)(H,25,26,28). The molecule has 0 aliphatic heterocycles. The summed E-state index contributed by atoms with van der Waals surface area (Å²) in [4.78, 5) is 33.9. The Morgan fingerprint density at radius 2 is 2.06 bits per heavy atom. The van der Waals surface area contributed by atoms with Gasteiger partial charge in [-0.2, -0.15) is 4.68 Å². The third-order valence-electron chi connectivity index (χ3n) is 4.78. The van der Waals surface area contributed by atoms with Crippen LogP contribution < -0.4 is 20.1 Å². The smallest absolute Gasteiger partial charge is 0.490 e. The average Bonchev–Trinajstić information content (AvgIpc) is 3.32. The number of halogens is 2. The highest BCUT2D eigenvalue weighted by molar-refractivity contribution is 9.10. The lowest BCUT2D eigenvalue weighted by Gasteiger charge is -2.14. The first-order valence-electron chi connectivity index (χ1n) is 10.3. The quantitative estimate of drug-likeness (QED) is 0.167. The number of anilines is 2. The van der Waals surface area contributed by atoms with E-state index in [-0.39, 0.29) is 25.4 Å². The number of carbonyl (C=O) groups excluding carboxylic acids is 1. The molecule has 15 heteroatoms. The molecule has 4 aromatic rings. The molecule has 2 heterocycles. The molecule has 0 saturated carbocycles. The van der Waals surface area contributed by atoms with E-state index in [1.54, 1.807) is 24.3 Å². The number of amides is 1. The summed E-state index contributed by atoms with van der Waals surface area (Å²) in [7, 11) is 1.47. The van der Waals surface area contributed by atoms with E-state index in [9.17, 15) is 19.3 Å². The van der Waals surface area contributed by atoms with Gasteiger partial charge in [0.2, 0.25) is 12.2 Å². The van der Waals surface area contributed by atoms with E-state index in [2.05, 4.69) is 46.6 Å². The van der Waals surface area contributed by atoms with Gasteiger partial charge in [0.05, 0.1) is 24.9 Å². The van der Waals surface area contributed by atoms with Gasteiger partial charge >= 0.3 is 5.95 Å². The number of nitrogens with zero attached hydrogens (tertiary/aromatic N) is 6. The average molecular weight is 561 g/mol. The minimum Gasteiger partial charge on any atom is -0.493 e. The van der Waals surface area contributed by atoms with E-state index in [1.807, 2.05) is 0 Å². The van der Waals surface area contributed by atoms with Crippen LogP contribution >= 0.6 is 15.9 Å². The van der Waals surface area contributed by atoms with Gasteiger partial charge in [-0.25, -0.2) is 14.4 Å². The van der Waals surface area contributed by atoms with Gasteiger partial charge in [0.25, 0.3) is 0 Å². The van der Waals surface area contributed by atoms with Gasteiger partial charge in [-0.1, -0.05) is 20.9 Å². The largest absolute Gasteiger partial charge is 0.493 e. The molecule has 0 fully saturated rings. The Balaban J connectivity index is 1.40. The summed E-state index contributed by atoms with van der Waals surface area (Å²) >= 11 is 3.23. The number of nitrogens with one attached hydrogen (secondary N) is 2. The third-order valence-corrected chi connectivity index (χ3v) is 5.27. The lowest BCUT2D eigenvalue weighted by Crippen LogP contribution is -2.31. The summed E-state index contributed by atoms with van der Waals surface area (Å²) in [6, 6.07) is 7.94. The molecule has 0 unspecified atom stereocenters. The molecule has 36 heavy (non-hydrogen) atoms. The number of carbonyl (C=O) groups is 1. The van der Waals surface area contributed by atoms with E-state index in [4.69, 9.17) is 9.47 Å². The zero-order valence-corrected chi connectivity index (χ0v) is 20.2. The second-order valence-electron chi connectivity index (χ2n) is 7.19. The number of benzene rings is 2. The summed E-state index contributed by atoms with van der Waals surface area (Å²) in [6.07, 6.45) is 2.44. The summed E-state index contributed by atoms with van der Waals surface area (Å²) < 4.78 is 27.1. The van der Waals surface area contributed by atoms with Crippen LogP contribution in [0.25, 0.3) is 10.9 Å². The molecule has 13 nitrogen and oxygen atoms in total. The number of hydrogen-bond acceptors (Lipinski definition) is 10. The fourth-order valence-electron chi connectivity index (χ4n) is 3.15. The van der Waals surface area contributed by atoms with Crippen molar-refractivity contribution in [1.29, 1.82) is 0 Å². The van der Waals surface area contributed by atoms with E-state index < -0.39 is 22.6 Å². The van der Waals surface area contributed by atoms with Crippen LogP contribution in [0.3, 0.4) is 0 Å². The van der Waals surface area contributed by atoms with Gasteiger partial charge in [-0.15, -0.1) is 0 Å². The molecule has 1 amide bonds. The molecule has 2 aromatic carbocycles. The fraction of sp³-hybridized carbons (Fsp3) is 0.190. The molecule has 2 aromatic heterocycles. The zero-order chi connectivity index (χ0) is 25.7. The molecule has 4 rings (SSSR count). The molecular formula is C21H18BrFN8O5. The van der Waals surface area contributed by atoms with Gasteiger partial charge in [0.1, 0.15) is 31.1 Å². The van der Waals surface area contributed by atoms with Gasteiger partial charge in [-0.05, 0) is 29.2 Å². The van der Waals surface area contributed by atoms with E-state index in [0.29, 0.717) is 32.7 Å². The first-order valence-corrected chi connectivity index (χ1v) is 11.1. The molecule has 0 saturated heterocycles. The van der Waals surface area contributed by atoms with Crippen LogP contribution in [0.4, 0.5) is 21.8 Å². The van der Waals surface area contributed by atoms with Crippen LogP contribution in [-0.2, 0) is 11.3 Å². The highest BCUT2D eigenvalue weighted by Gasteiger charge is 2.16. The predicted octanol–water partition coefficient (Wildman–Crippen LogP) is 2.98. The molecule has 0 spiro atoms. The monoisotopic (exact) mass is 560 g/mol. The number of ether oxygens (including phenoxy) is 2. The van der Waals surface area contributed by atoms with Crippen molar-refractivity contribution in [1.82, 2.24) is 30.0 Å². The van der Waals surface area contributed by atoms with Crippen LogP contribution in [0.2, 0.25) is 0 Å². The molecule has 0 aliphatic rings. The van der Waals surface area contributed by atoms with E-state index in [1.165, 1.54) is 19.5 Å². The first-order chi connectivity index (χ1) is 17.3. The second-order valence-corrected chi connectivity index (χ2v) is 8.11.